The van der Waals surface area contributed by atoms with E-state index in [4.69, 9.17) is 4.74 Å². The predicted octanol–water partition coefficient (Wildman–Crippen LogP) is 4.63. The van der Waals surface area contributed by atoms with Crippen molar-refractivity contribution in [2.75, 3.05) is 13.2 Å². The summed E-state index contributed by atoms with van der Waals surface area (Å²) in [6.07, 6.45) is 7.39. The molecule has 5 nitrogen and oxygen atoms in total. The lowest BCUT2D eigenvalue weighted by molar-refractivity contribution is -0.137. The van der Waals surface area contributed by atoms with Crippen LogP contribution in [0.25, 0.3) is 0 Å². The zero-order valence-corrected chi connectivity index (χ0v) is 18.6. The van der Waals surface area contributed by atoms with Gasteiger partial charge in [0, 0.05) is 24.8 Å². The number of halogens is 3. The zero-order valence-electron chi connectivity index (χ0n) is 18.6. The van der Waals surface area contributed by atoms with Gasteiger partial charge < -0.3 is 15.2 Å². The van der Waals surface area contributed by atoms with E-state index in [-0.39, 0.29) is 35.9 Å². The van der Waals surface area contributed by atoms with E-state index < -0.39 is 17.8 Å². The summed E-state index contributed by atoms with van der Waals surface area (Å²) in [7, 11) is 0. The Hall–Kier alpha value is -2.87. The van der Waals surface area contributed by atoms with E-state index in [1.807, 2.05) is 19.1 Å². The molecule has 0 radical (unpaired) electrons. The summed E-state index contributed by atoms with van der Waals surface area (Å²) in [5, 5.41) is 12.9. The normalized spacial score (nSPS) is 19.5. The van der Waals surface area contributed by atoms with Crippen molar-refractivity contribution in [2.45, 2.75) is 44.9 Å². The number of alkyl halides is 3. The number of amides is 1. The average molecular weight is 466 g/mol. The third-order valence-electron chi connectivity index (χ3n) is 5.16. The molecule has 1 aliphatic carbocycles. The van der Waals surface area contributed by atoms with Crippen molar-refractivity contribution >= 4 is 11.7 Å². The summed E-state index contributed by atoms with van der Waals surface area (Å²) < 4.78 is 43.6. The van der Waals surface area contributed by atoms with E-state index in [0.717, 1.165) is 25.0 Å². The minimum atomic E-state index is -4.47. The highest BCUT2D eigenvalue weighted by Crippen LogP contribution is 2.31. The van der Waals surface area contributed by atoms with Crippen LogP contribution in [0, 0.1) is 11.8 Å². The fourth-order valence-corrected chi connectivity index (χ4v) is 3.41. The minimum Gasteiger partial charge on any atom is -0.491 e. The first kappa shape index (κ1) is 26.4. The van der Waals surface area contributed by atoms with Crippen LogP contribution in [0.5, 0.6) is 5.75 Å². The zero-order chi connectivity index (χ0) is 24.3. The van der Waals surface area contributed by atoms with Crippen molar-refractivity contribution in [2.24, 2.45) is 11.8 Å². The maximum Gasteiger partial charge on any atom is 0.416 e. The van der Waals surface area contributed by atoms with Gasteiger partial charge in [-0.15, -0.1) is 0 Å². The van der Waals surface area contributed by atoms with Crippen LogP contribution in [0.15, 0.2) is 60.7 Å². The molecular formula is C25H30F3NO4. The molecule has 8 heteroatoms. The van der Waals surface area contributed by atoms with E-state index in [1.165, 1.54) is 24.3 Å². The molecule has 2 N–H and O–H groups in total. The number of carbonyl (C=O) groups is 2. The van der Waals surface area contributed by atoms with Gasteiger partial charge in [0.15, 0.2) is 5.78 Å². The van der Waals surface area contributed by atoms with Crippen LogP contribution in [-0.2, 0) is 15.8 Å². The quantitative estimate of drug-likeness (QED) is 0.349. The monoisotopic (exact) mass is 465 g/mol. The second kappa shape index (κ2) is 13.0. The first-order chi connectivity index (χ1) is 15.7. The number of benzene rings is 1. The molecule has 0 unspecified atom stereocenters. The van der Waals surface area contributed by atoms with Gasteiger partial charge in [0.1, 0.15) is 18.5 Å². The second-order valence-electron chi connectivity index (χ2n) is 7.79. The SMILES string of the molecule is CCNC(=O)CCCC=CC[C@H]1C(=O)C=C[C@@H]1C=C[C@@H](O)COc1cccc(C(F)(F)F)c1. The van der Waals surface area contributed by atoms with Gasteiger partial charge in [-0.2, -0.15) is 13.2 Å². The number of carbonyl (C=O) groups excluding carboxylic acids is 2. The van der Waals surface area contributed by atoms with Crippen LogP contribution >= 0.6 is 0 Å². The summed E-state index contributed by atoms with van der Waals surface area (Å²) in [6.45, 7) is 2.28. The summed E-state index contributed by atoms with van der Waals surface area (Å²) in [5.74, 6) is -0.394. The molecule has 1 amide bonds. The molecule has 0 saturated carbocycles. The third-order valence-corrected chi connectivity index (χ3v) is 5.16. The second-order valence-corrected chi connectivity index (χ2v) is 7.79. The van der Waals surface area contributed by atoms with Crippen molar-refractivity contribution in [3.8, 4) is 5.75 Å². The van der Waals surface area contributed by atoms with E-state index in [1.54, 1.807) is 12.2 Å². The first-order valence-corrected chi connectivity index (χ1v) is 11.0. The Bertz CT molecular complexity index is 877. The Morgan fingerprint density at radius 1 is 1.30 bits per heavy atom. The fourth-order valence-electron chi connectivity index (χ4n) is 3.41. The van der Waals surface area contributed by atoms with Crippen LogP contribution in [0.3, 0.4) is 0 Å². The molecule has 0 fully saturated rings. The number of aliphatic hydroxyl groups is 1. The van der Waals surface area contributed by atoms with E-state index in [9.17, 15) is 27.9 Å². The molecule has 0 spiro atoms. The van der Waals surface area contributed by atoms with Crippen molar-refractivity contribution in [3.63, 3.8) is 0 Å². The maximum absolute atomic E-state index is 12.8. The lowest BCUT2D eigenvalue weighted by Crippen LogP contribution is -2.21. The van der Waals surface area contributed by atoms with Gasteiger partial charge in [-0.3, -0.25) is 9.59 Å². The average Bonchev–Trinajstić information content (AvgIpc) is 3.12. The Kier molecular flexibility index (Phi) is 10.4. The Balaban J connectivity index is 1.79. The maximum atomic E-state index is 12.8. The molecule has 0 saturated heterocycles. The number of ketones is 1. The van der Waals surface area contributed by atoms with Crippen LogP contribution in [-0.4, -0.2) is 36.1 Å². The summed E-state index contributed by atoms with van der Waals surface area (Å²) >= 11 is 0. The Morgan fingerprint density at radius 3 is 2.82 bits per heavy atom. The number of aliphatic hydroxyl groups excluding tert-OH is 1. The molecule has 0 bridgehead atoms. The van der Waals surface area contributed by atoms with Gasteiger partial charge in [0.05, 0.1) is 5.56 Å². The van der Waals surface area contributed by atoms with E-state index in [0.29, 0.717) is 19.4 Å². The van der Waals surface area contributed by atoms with Crippen molar-refractivity contribution in [1.29, 1.82) is 0 Å². The van der Waals surface area contributed by atoms with E-state index in [2.05, 4.69) is 5.32 Å². The van der Waals surface area contributed by atoms with Gasteiger partial charge in [-0.05, 0) is 50.5 Å². The molecule has 33 heavy (non-hydrogen) atoms. The van der Waals surface area contributed by atoms with E-state index >= 15 is 0 Å². The standard InChI is InChI=1S/C25H30F3NO4/c1-2-29-24(32)11-6-4-3-5-10-22-18(13-15-23(22)31)12-14-20(30)17-33-21-9-7-8-19(16-21)25(26,27)28/h3,5,7-9,12-16,18,20,22,30H,2,4,6,10-11,17H2,1H3,(H,29,32)/t18-,20+,22+/m0/s1. The highest BCUT2D eigenvalue weighted by molar-refractivity contribution is 5.95. The topological polar surface area (TPSA) is 75.6 Å². The number of hydrogen-bond acceptors (Lipinski definition) is 4. The summed E-state index contributed by atoms with van der Waals surface area (Å²) in [4.78, 5) is 23.6. The summed E-state index contributed by atoms with van der Waals surface area (Å²) in [5.41, 5.74) is -0.820. The number of hydrogen-bond donors (Lipinski definition) is 2. The molecule has 2 rings (SSSR count). The predicted molar refractivity (Wildman–Crippen MR) is 120 cm³/mol. The van der Waals surface area contributed by atoms with Crippen molar-refractivity contribution < 1.29 is 32.6 Å². The van der Waals surface area contributed by atoms with Gasteiger partial charge in [-0.1, -0.05) is 36.4 Å². The number of unbranched alkanes of at least 4 members (excludes halogenated alkanes) is 1. The van der Waals surface area contributed by atoms with Gasteiger partial charge in [-0.25, -0.2) is 0 Å². The molecule has 0 aliphatic heterocycles. The number of rotatable bonds is 12. The molecule has 1 aliphatic rings. The fraction of sp³-hybridized carbons (Fsp3) is 0.440. The lowest BCUT2D eigenvalue weighted by atomic mass is 9.90. The molecule has 0 aromatic heterocycles. The number of ether oxygens (including phenoxy) is 1. The lowest BCUT2D eigenvalue weighted by Gasteiger charge is -2.14. The highest BCUT2D eigenvalue weighted by Gasteiger charge is 2.30. The first-order valence-electron chi connectivity index (χ1n) is 11.0. The summed E-state index contributed by atoms with van der Waals surface area (Å²) in [6, 6.07) is 4.47. The smallest absolute Gasteiger partial charge is 0.416 e. The largest absolute Gasteiger partial charge is 0.491 e. The van der Waals surface area contributed by atoms with Gasteiger partial charge >= 0.3 is 6.18 Å². The van der Waals surface area contributed by atoms with Crippen molar-refractivity contribution in [3.05, 3.63) is 66.3 Å². The Morgan fingerprint density at radius 2 is 2.09 bits per heavy atom. The Labute approximate surface area is 192 Å². The van der Waals surface area contributed by atoms with Crippen LogP contribution < -0.4 is 10.1 Å². The van der Waals surface area contributed by atoms with Crippen molar-refractivity contribution in [1.82, 2.24) is 5.32 Å². The highest BCUT2D eigenvalue weighted by atomic mass is 19.4. The molecule has 180 valence electrons. The number of allylic oxidation sites excluding steroid dienone is 5. The van der Waals surface area contributed by atoms with Gasteiger partial charge in [0.2, 0.25) is 5.91 Å². The molecular weight excluding hydrogens is 435 g/mol. The molecule has 0 heterocycles. The van der Waals surface area contributed by atoms with Crippen LogP contribution in [0.4, 0.5) is 13.2 Å². The minimum absolute atomic E-state index is 0.00586. The van der Waals surface area contributed by atoms with Gasteiger partial charge in [0.25, 0.3) is 0 Å². The van der Waals surface area contributed by atoms with Crippen LogP contribution in [0.1, 0.15) is 38.2 Å². The molecule has 1 aromatic carbocycles. The molecule has 1 aromatic rings. The number of nitrogens with one attached hydrogen (secondary N) is 1. The molecule has 3 atom stereocenters. The third kappa shape index (κ3) is 9.26. The van der Waals surface area contributed by atoms with Crippen LogP contribution in [0.2, 0.25) is 0 Å².